The highest BCUT2D eigenvalue weighted by atomic mass is 79.9. The number of hydrogen-bond donors (Lipinski definition) is 1. The van der Waals surface area contributed by atoms with Crippen molar-refractivity contribution >= 4 is 50.9 Å². The maximum Gasteiger partial charge on any atom is 0.248 e. The van der Waals surface area contributed by atoms with Crippen molar-refractivity contribution in [2.45, 2.75) is 25.8 Å². The highest BCUT2D eigenvalue weighted by Crippen LogP contribution is 2.65. The Bertz CT molecular complexity index is 1210. The lowest BCUT2D eigenvalue weighted by atomic mass is 9.63. The van der Waals surface area contributed by atoms with E-state index < -0.39 is 6.04 Å². The Morgan fingerprint density at radius 1 is 1.09 bits per heavy atom. The van der Waals surface area contributed by atoms with E-state index in [1.807, 2.05) is 43.3 Å². The van der Waals surface area contributed by atoms with Crippen LogP contribution in [0.2, 0.25) is 5.02 Å². The first-order valence-electron chi connectivity index (χ1n) is 11.7. The van der Waals surface area contributed by atoms with E-state index in [0.29, 0.717) is 22.5 Å². The normalized spacial score (nSPS) is 31.3. The van der Waals surface area contributed by atoms with Gasteiger partial charge in [-0.25, -0.2) is 0 Å². The van der Waals surface area contributed by atoms with Crippen LogP contribution in [-0.4, -0.2) is 28.7 Å². The van der Waals surface area contributed by atoms with E-state index in [1.54, 1.807) is 6.07 Å². The van der Waals surface area contributed by atoms with E-state index in [1.165, 1.54) is 4.90 Å². The van der Waals surface area contributed by atoms with Crippen LogP contribution < -0.4 is 5.32 Å². The van der Waals surface area contributed by atoms with E-state index in [2.05, 4.69) is 33.4 Å². The van der Waals surface area contributed by atoms with Gasteiger partial charge in [-0.15, -0.1) is 0 Å². The molecule has 1 N–H and O–H groups in total. The fourth-order valence-electron chi connectivity index (χ4n) is 6.42. The Morgan fingerprint density at radius 3 is 2.32 bits per heavy atom. The number of anilines is 1. The van der Waals surface area contributed by atoms with Gasteiger partial charge in [0.1, 0.15) is 6.04 Å². The summed E-state index contributed by atoms with van der Waals surface area (Å²) in [5.74, 6) is -0.158. The monoisotopic (exact) mass is 538 g/mol. The van der Waals surface area contributed by atoms with Crippen LogP contribution in [0.25, 0.3) is 0 Å². The summed E-state index contributed by atoms with van der Waals surface area (Å²) in [6.45, 7) is 1.87. The molecule has 7 atom stereocenters. The van der Waals surface area contributed by atoms with E-state index in [0.717, 1.165) is 22.0 Å². The first-order valence-corrected chi connectivity index (χ1v) is 12.9. The maximum atomic E-state index is 13.7. The number of carbonyl (C=O) groups is 3. The lowest BCUT2D eigenvalue weighted by Gasteiger charge is -2.37. The summed E-state index contributed by atoms with van der Waals surface area (Å²) in [6, 6.07) is 12.1. The molecular weight excluding hydrogens is 516 g/mol. The second-order valence-corrected chi connectivity index (χ2v) is 11.2. The molecule has 7 heteroatoms. The predicted molar refractivity (Wildman–Crippen MR) is 133 cm³/mol. The Kier molecular flexibility index (Phi) is 5.23. The standard InChI is InChI=1S/C27H24BrClN2O3/c1-13-9-19(28)20(29)12-21(13)30-25(32)22(10-14-5-3-2-4-6-14)31-26(33)23-15-7-8-16(18-11-17(15)18)24(23)27(31)34/h2-9,12,15-18,22-24H,10-11H2,1H3,(H,30,32)/t15-,16-,17-,18-,22-,23-,24+/m0/s1. The summed E-state index contributed by atoms with van der Waals surface area (Å²) >= 11 is 9.67. The second kappa shape index (κ2) is 8.06. The molecule has 1 aliphatic heterocycles. The van der Waals surface area contributed by atoms with Gasteiger partial charge in [-0.2, -0.15) is 0 Å². The predicted octanol–water partition coefficient (Wildman–Crippen LogP) is 5.01. The van der Waals surface area contributed by atoms with Crippen molar-refractivity contribution in [2.75, 3.05) is 5.32 Å². The molecule has 5 nitrogen and oxygen atoms in total. The van der Waals surface area contributed by atoms with Gasteiger partial charge in [-0.3, -0.25) is 19.3 Å². The molecule has 5 aliphatic rings. The molecule has 0 aromatic heterocycles. The van der Waals surface area contributed by atoms with Crippen molar-refractivity contribution in [3.63, 3.8) is 0 Å². The summed E-state index contributed by atoms with van der Waals surface area (Å²) in [5, 5.41) is 3.42. The molecular formula is C27H24BrClN2O3. The van der Waals surface area contributed by atoms with Gasteiger partial charge < -0.3 is 5.32 Å². The molecule has 1 saturated heterocycles. The molecule has 2 aromatic carbocycles. The molecule has 2 bridgehead atoms. The van der Waals surface area contributed by atoms with Crippen molar-refractivity contribution in [1.82, 2.24) is 4.90 Å². The van der Waals surface area contributed by atoms with E-state index >= 15 is 0 Å². The zero-order chi connectivity index (χ0) is 23.7. The molecule has 2 saturated carbocycles. The molecule has 3 fully saturated rings. The molecule has 4 aliphatic carbocycles. The van der Waals surface area contributed by atoms with Gasteiger partial charge in [0.25, 0.3) is 0 Å². The number of likely N-dealkylation sites (tertiary alicyclic amines) is 1. The van der Waals surface area contributed by atoms with Crippen LogP contribution in [0, 0.1) is 42.4 Å². The summed E-state index contributed by atoms with van der Waals surface area (Å²) in [7, 11) is 0. The van der Waals surface area contributed by atoms with E-state index in [-0.39, 0.29) is 47.8 Å². The van der Waals surface area contributed by atoms with Crippen molar-refractivity contribution < 1.29 is 14.4 Å². The Hall–Kier alpha value is -2.44. The third-order valence-electron chi connectivity index (χ3n) is 8.11. The molecule has 34 heavy (non-hydrogen) atoms. The quantitative estimate of drug-likeness (QED) is 0.429. The number of allylic oxidation sites excluding steroid dienone is 2. The second-order valence-electron chi connectivity index (χ2n) is 9.98. The van der Waals surface area contributed by atoms with Gasteiger partial charge in [0.15, 0.2) is 0 Å². The first kappa shape index (κ1) is 22.1. The number of benzene rings is 2. The molecule has 2 aromatic rings. The summed E-state index contributed by atoms with van der Waals surface area (Å²) in [6.07, 6.45) is 5.66. The van der Waals surface area contributed by atoms with E-state index in [9.17, 15) is 14.4 Å². The zero-order valence-electron chi connectivity index (χ0n) is 18.6. The lowest BCUT2D eigenvalue weighted by Crippen LogP contribution is -2.49. The number of nitrogens with zero attached hydrogens (tertiary/aromatic N) is 1. The topological polar surface area (TPSA) is 66.5 Å². The number of amides is 3. The van der Waals surface area contributed by atoms with Gasteiger partial charge >= 0.3 is 0 Å². The third-order valence-corrected chi connectivity index (χ3v) is 9.31. The van der Waals surface area contributed by atoms with Crippen molar-refractivity contribution in [3.05, 3.63) is 75.2 Å². The van der Waals surface area contributed by atoms with Gasteiger partial charge in [-0.1, -0.05) is 54.1 Å². The average molecular weight is 540 g/mol. The number of carbonyl (C=O) groups excluding carboxylic acids is 3. The molecule has 0 radical (unpaired) electrons. The average Bonchev–Trinajstić information content (AvgIpc) is 3.60. The SMILES string of the molecule is Cc1cc(Br)c(Cl)cc1NC(=O)[C@H](Cc1ccccc1)N1C(=O)[C@@H]2[C@H]3C=C[C@@H]([C@@H]4C[C@@H]34)[C@@H]2C1=O. The van der Waals surface area contributed by atoms with Crippen LogP contribution in [0.1, 0.15) is 17.5 Å². The fourth-order valence-corrected chi connectivity index (χ4v) is 7.04. The smallest absolute Gasteiger partial charge is 0.248 e. The van der Waals surface area contributed by atoms with Crippen LogP contribution in [-0.2, 0) is 20.8 Å². The minimum absolute atomic E-state index is 0.120. The van der Waals surface area contributed by atoms with E-state index in [4.69, 9.17) is 11.6 Å². The third kappa shape index (κ3) is 3.37. The number of halogens is 2. The molecule has 3 amide bonds. The van der Waals surface area contributed by atoms with Crippen molar-refractivity contribution in [2.24, 2.45) is 35.5 Å². The Balaban J connectivity index is 1.34. The van der Waals surface area contributed by atoms with Gasteiger partial charge in [0.2, 0.25) is 17.7 Å². The van der Waals surface area contributed by atoms with Gasteiger partial charge in [-0.05, 0) is 76.2 Å². The van der Waals surface area contributed by atoms with Crippen LogP contribution in [0.15, 0.2) is 59.1 Å². The minimum Gasteiger partial charge on any atom is -0.324 e. The molecule has 7 rings (SSSR count). The van der Waals surface area contributed by atoms with Gasteiger partial charge in [0, 0.05) is 16.6 Å². The van der Waals surface area contributed by atoms with Gasteiger partial charge in [0.05, 0.1) is 16.9 Å². The Labute approximate surface area is 211 Å². The molecule has 174 valence electrons. The maximum absolute atomic E-state index is 13.7. The van der Waals surface area contributed by atoms with Crippen LogP contribution in [0.3, 0.4) is 0 Å². The summed E-state index contributed by atoms with van der Waals surface area (Å²) in [5.41, 5.74) is 2.29. The number of rotatable bonds is 5. The highest BCUT2D eigenvalue weighted by Gasteiger charge is 2.67. The number of imide groups is 1. The number of hydrogen-bond acceptors (Lipinski definition) is 3. The summed E-state index contributed by atoms with van der Waals surface area (Å²) in [4.78, 5) is 42.4. The van der Waals surface area contributed by atoms with Crippen LogP contribution >= 0.6 is 27.5 Å². The largest absolute Gasteiger partial charge is 0.324 e. The van der Waals surface area contributed by atoms with Crippen molar-refractivity contribution in [1.29, 1.82) is 0 Å². The van der Waals surface area contributed by atoms with Crippen LogP contribution in [0.5, 0.6) is 0 Å². The minimum atomic E-state index is -0.925. The first-order chi connectivity index (χ1) is 16.3. The highest BCUT2D eigenvalue weighted by molar-refractivity contribution is 9.10. The lowest BCUT2D eigenvalue weighted by molar-refractivity contribution is -0.146. The van der Waals surface area contributed by atoms with Crippen LogP contribution in [0.4, 0.5) is 5.69 Å². The number of nitrogens with one attached hydrogen (secondary N) is 1. The Morgan fingerprint density at radius 2 is 1.71 bits per heavy atom. The number of aryl methyl sites for hydroxylation is 1. The van der Waals surface area contributed by atoms with Crippen molar-refractivity contribution in [3.8, 4) is 0 Å². The summed E-state index contributed by atoms with van der Waals surface area (Å²) < 4.78 is 0.737. The molecule has 1 heterocycles. The molecule has 0 unspecified atom stereocenters. The molecule has 0 spiro atoms. The zero-order valence-corrected chi connectivity index (χ0v) is 20.9. The fraction of sp³-hybridized carbons (Fsp3) is 0.370.